The molecule has 3 N–H and O–H groups in total. The zero-order chi connectivity index (χ0) is 24.1. The number of aromatic nitrogens is 2. The van der Waals surface area contributed by atoms with Crippen LogP contribution in [0.4, 0.5) is 0 Å². The summed E-state index contributed by atoms with van der Waals surface area (Å²) in [6, 6.07) is 17.9. The molecule has 1 aliphatic heterocycles. The fourth-order valence-corrected chi connectivity index (χ4v) is 5.60. The van der Waals surface area contributed by atoms with E-state index in [4.69, 9.17) is 9.72 Å². The molecule has 0 radical (unpaired) electrons. The molecular weight excluding hydrogens is 424 g/mol. The largest absolute Gasteiger partial charge is 0.497 e. The number of carbonyl (C=O) groups excluding carboxylic acids is 1. The molecule has 1 amide bonds. The van der Waals surface area contributed by atoms with Gasteiger partial charge in [0.15, 0.2) is 0 Å². The lowest BCUT2D eigenvalue weighted by Gasteiger charge is -2.46. The Morgan fingerprint density at radius 1 is 1.00 bits per heavy atom. The van der Waals surface area contributed by atoms with E-state index in [2.05, 4.69) is 49.4 Å². The quantitative estimate of drug-likeness (QED) is 0.383. The third-order valence-electron chi connectivity index (χ3n) is 6.62. The maximum absolute atomic E-state index is 13.5. The Balaban J connectivity index is 1.58. The molecule has 0 aliphatic carbocycles. The number of ether oxygens (including phenoxy) is 1. The Morgan fingerprint density at radius 3 is 2.35 bits per heavy atom. The SMILES string of the molecule is COc1ccc(-c2nc(C(=O)NC3CC(C)(C)NC(C)(C)C3)cc3c2[nH]c2ccccc23)cc1. The number of hydrogen-bond acceptors (Lipinski definition) is 4. The van der Waals surface area contributed by atoms with E-state index in [0.717, 1.165) is 51.7 Å². The molecule has 3 heterocycles. The van der Waals surface area contributed by atoms with Gasteiger partial charge < -0.3 is 20.4 Å². The molecular formula is C28H32N4O2. The summed E-state index contributed by atoms with van der Waals surface area (Å²) in [5.74, 6) is 0.641. The van der Waals surface area contributed by atoms with Crippen LogP contribution in [0, 0.1) is 0 Å². The lowest BCUT2D eigenvalue weighted by molar-refractivity contribution is 0.0868. The molecule has 6 nitrogen and oxygen atoms in total. The number of amides is 1. The molecule has 0 unspecified atom stereocenters. The third-order valence-corrected chi connectivity index (χ3v) is 6.62. The first kappa shape index (κ1) is 22.4. The van der Waals surface area contributed by atoms with Gasteiger partial charge in [-0.2, -0.15) is 0 Å². The summed E-state index contributed by atoms with van der Waals surface area (Å²) >= 11 is 0. The van der Waals surface area contributed by atoms with E-state index in [0.29, 0.717) is 5.69 Å². The Bertz CT molecular complexity index is 1350. The number of hydrogen-bond donors (Lipinski definition) is 3. The predicted octanol–water partition coefficient (Wildman–Crippen LogP) is 5.43. The van der Waals surface area contributed by atoms with Crippen molar-refractivity contribution in [3.63, 3.8) is 0 Å². The van der Waals surface area contributed by atoms with Gasteiger partial charge in [0.2, 0.25) is 0 Å². The smallest absolute Gasteiger partial charge is 0.270 e. The average molecular weight is 457 g/mol. The van der Waals surface area contributed by atoms with E-state index >= 15 is 0 Å². The molecule has 34 heavy (non-hydrogen) atoms. The van der Waals surface area contributed by atoms with Crippen LogP contribution in [0.15, 0.2) is 54.6 Å². The van der Waals surface area contributed by atoms with Crippen LogP contribution >= 0.6 is 0 Å². The van der Waals surface area contributed by atoms with E-state index in [1.807, 2.05) is 48.5 Å². The third kappa shape index (κ3) is 4.26. The Kier molecular flexibility index (Phi) is 5.36. The van der Waals surface area contributed by atoms with Crippen LogP contribution in [0.1, 0.15) is 51.0 Å². The van der Waals surface area contributed by atoms with Crippen molar-refractivity contribution in [1.82, 2.24) is 20.6 Å². The molecule has 4 aromatic rings. The minimum Gasteiger partial charge on any atom is -0.497 e. The fraction of sp³-hybridized carbons (Fsp3) is 0.357. The molecule has 2 aromatic heterocycles. The Labute approximate surface area is 200 Å². The number of para-hydroxylation sites is 1. The van der Waals surface area contributed by atoms with Gasteiger partial charge in [-0.1, -0.05) is 18.2 Å². The molecule has 176 valence electrons. The van der Waals surface area contributed by atoms with Crippen LogP contribution in [0.25, 0.3) is 33.1 Å². The average Bonchev–Trinajstić information content (AvgIpc) is 3.15. The first-order valence-electron chi connectivity index (χ1n) is 11.8. The van der Waals surface area contributed by atoms with Crippen molar-refractivity contribution in [2.75, 3.05) is 7.11 Å². The number of benzene rings is 2. The van der Waals surface area contributed by atoms with Crippen molar-refractivity contribution >= 4 is 27.7 Å². The molecule has 1 fully saturated rings. The highest BCUT2D eigenvalue weighted by Gasteiger charge is 2.38. The first-order chi connectivity index (χ1) is 16.1. The fourth-order valence-electron chi connectivity index (χ4n) is 5.60. The number of methoxy groups -OCH3 is 1. The van der Waals surface area contributed by atoms with Gasteiger partial charge in [-0.15, -0.1) is 0 Å². The predicted molar refractivity (Wildman–Crippen MR) is 137 cm³/mol. The number of rotatable bonds is 4. The molecule has 0 bridgehead atoms. The molecule has 0 saturated carbocycles. The number of carbonyl (C=O) groups is 1. The van der Waals surface area contributed by atoms with Gasteiger partial charge in [0.25, 0.3) is 5.91 Å². The van der Waals surface area contributed by atoms with E-state index in [-0.39, 0.29) is 23.0 Å². The normalized spacial score (nSPS) is 17.7. The van der Waals surface area contributed by atoms with E-state index in [1.54, 1.807) is 7.11 Å². The summed E-state index contributed by atoms with van der Waals surface area (Å²) in [5, 5.41) is 9.02. The summed E-state index contributed by atoms with van der Waals surface area (Å²) in [6.07, 6.45) is 1.73. The second-order valence-electron chi connectivity index (χ2n) is 10.6. The number of aromatic amines is 1. The Hall–Kier alpha value is -3.38. The van der Waals surface area contributed by atoms with E-state index in [9.17, 15) is 4.79 Å². The van der Waals surface area contributed by atoms with Crippen LogP contribution in [-0.4, -0.2) is 40.1 Å². The van der Waals surface area contributed by atoms with Gasteiger partial charge in [-0.25, -0.2) is 4.98 Å². The highest BCUT2D eigenvalue weighted by Crippen LogP contribution is 2.34. The van der Waals surface area contributed by atoms with Crippen LogP contribution < -0.4 is 15.4 Å². The van der Waals surface area contributed by atoms with Crippen molar-refractivity contribution < 1.29 is 9.53 Å². The standard InChI is InChI=1S/C28H32N4O2/c1-27(2)15-18(16-28(3,4)32-27)29-26(33)23-14-21-20-8-6-7-9-22(20)30-25(21)24(31-23)17-10-12-19(34-5)13-11-17/h6-14,18,30,32H,15-16H2,1-5H3,(H,29,33). The summed E-state index contributed by atoms with van der Waals surface area (Å²) in [7, 11) is 1.65. The lowest BCUT2D eigenvalue weighted by atomic mass is 9.79. The molecule has 1 saturated heterocycles. The molecule has 0 atom stereocenters. The number of nitrogens with zero attached hydrogens (tertiary/aromatic N) is 1. The van der Waals surface area contributed by atoms with E-state index < -0.39 is 0 Å². The lowest BCUT2D eigenvalue weighted by Crippen LogP contribution is -2.62. The summed E-state index contributed by atoms with van der Waals surface area (Å²) in [5.41, 5.74) is 3.95. The van der Waals surface area contributed by atoms with Gasteiger partial charge in [0, 0.05) is 39.0 Å². The minimum atomic E-state index is -0.138. The van der Waals surface area contributed by atoms with E-state index in [1.165, 1.54) is 0 Å². The zero-order valence-electron chi connectivity index (χ0n) is 20.5. The van der Waals surface area contributed by atoms with Gasteiger partial charge in [-0.3, -0.25) is 4.79 Å². The van der Waals surface area contributed by atoms with Crippen molar-refractivity contribution in [2.24, 2.45) is 0 Å². The van der Waals surface area contributed by atoms with Crippen LogP contribution in [0.3, 0.4) is 0 Å². The Morgan fingerprint density at radius 2 is 1.68 bits per heavy atom. The highest BCUT2D eigenvalue weighted by atomic mass is 16.5. The molecule has 1 aliphatic rings. The summed E-state index contributed by atoms with van der Waals surface area (Å²) in [6.45, 7) is 8.74. The van der Waals surface area contributed by atoms with Crippen molar-refractivity contribution in [3.8, 4) is 17.0 Å². The van der Waals surface area contributed by atoms with Crippen LogP contribution in [0.2, 0.25) is 0 Å². The molecule has 5 rings (SSSR count). The first-order valence-corrected chi connectivity index (χ1v) is 11.8. The monoisotopic (exact) mass is 456 g/mol. The number of nitrogens with one attached hydrogen (secondary N) is 3. The maximum atomic E-state index is 13.5. The topological polar surface area (TPSA) is 79.0 Å². The second-order valence-corrected chi connectivity index (χ2v) is 10.6. The molecule has 0 spiro atoms. The second kappa shape index (κ2) is 8.13. The van der Waals surface area contributed by atoms with Gasteiger partial charge in [0.05, 0.1) is 18.3 Å². The number of H-pyrrole nitrogens is 1. The summed E-state index contributed by atoms with van der Waals surface area (Å²) < 4.78 is 5.32. The van der Waals surface area contributed by atoms with Crippen molar-refractivity contribution in [3.05, 3.63) is 60.3 Å². The van der Waals surface area contributed by atoms with Crippen LogP contribution in [0.5, 0.6) is 5.75 Å². The van der Waals surface area contributed by atoms with Gasteiger partial charge in [0.1, 0.15) is 11.4 Å². The molecule has 6 heteroatoms. The summed E-state index contributed by atoms with van der Waals surface area (Å²) in [4.78, 5) is 21.9. The van der Waals surface area contributed by atoms with Crippen LogP contribution in [-0.2, 0) is 0 Å². The highest BCUT2D eigenvalue weighted by molar-refractivity contribution is 6.13. The van der Waals surface area contributed by atoms with Crippen molar-refractivity contribution in [2.45, 2.75) is 57.7 Å². The van der Waals surface area contributed by atoms with Gasteiger partial charge >= 0.3 is 0 Å². The number of fused-ring (bicyclic) bond motifs is 3. The number of piperidine rings is 1. The van der Waals surface area contributed by atoms with Gasteiger partial charge in [-0.05, 0) is 76.9 Å². The maximum Gasteiger partial charge on any atom is 0.270 e. The minimum absolute atomic E-state index is 0.0534. The zero-order valence-corrected chi connectivity index (χ0v) is 20.5. The van der Waals surface area contributed by atoms with Crippen molar-refractivity contribution in [1.29, 1.82) is 0 Å². The molecule has 2 aromatic carbocycles. The number of pyridine rings is 1.